The SMILES string of the molecule is CNCCc1ccccc1C(=O)Nc1sccc1C(N)=O. The van der Waals surface area contributed by atoms with E-state index >= 15 is 0 Å². The Kier molecular flexibility index (Phi) is 5.08. The molecule has 0 unspecified atom stereocenters. The Morgan fingerprint density at radius 1 is 1.19 bits per heavy atom. The van der Waals surface area contributed by atoms with Gasteiger partial charge in [-0.2, -0.15) is 0 Å². The predicted molar refractivity (Wildman–Crippen MR) is 84.9 cm³/mol. The van der Waals surface area contributed by atoms with Crippen LogP contribution in [0.3, 0.4) is 0 Å². The van der Waals surface area contributed by atoms with Crippen molar-refractivity contribution in [2.24, 2.45) is 5.73 Å². The average Bonchev–Trinajstić information content (AvgIpc) is 2.93. The van der Waals surface area contributed by atoms with Crippen molar-refractivity contribution in [3.63, 3.8) is 0 Å². The van der Waals surface area contributed by atoms with Crippen LogP contribution in [0.4, 0.5) is 5.00 Å². The number of primary amides is 1. The van der Waals surface area contributed by atoms with Crippen LogP contribution < -0.4 is 16.4 Å². The lowest BCUT2D eigenvalue weighted by molar-refractivity contribution is 0.100. The first-order chi connectivity index (χ1) is 10.1. The van der Waals surface area contributed by atoms with E-state index in [0.29, 0.717) is 16.1 Å². The zero-order valence-corrected chi connectivity index (χ0v) is 12.5. The number of nitrogens with two attached hydrogens (primary N) is 1. The Balaban J connectivity index is 2.20. The molecule has 0 spiro atoms. The standard InChI is InChI=1S/C15H17N3O2S/c1-17-8-6-10-4-2-3-5-11(10)14(20)18-15-12(13(16)19)7-9-21-15/h2-5,7,9,17H,6,8H2,1H3,(H2,16,19)(H,18,20). The number of likely N-dealkylation sites (N-methyl/N-ethyl adjacent to an activating group) is 1. The highest BCUT2D eigenvalue weighted by atomic mass is 32.1. The number of thiophene rings is 1. The van der Waals surface area contributed by atoms with Crippen LogP contribution in [0.5, 0.6) is 0 Å². The van der Waals surface area contributed by atoms with Gasteiger partial charge >= 0.3 is 0 Å². The Labute approximate surface area is 127 Å². The molecule has 1 heterocycles. The van der Waals surface area contributed by atoms with Gasteiger partial charge in [0, 0.05) is 5.56 Å². The van der Waals surface area contributed by atoms with Gasteiger partial charge in [-0.3, -0.25) is 9.59 Å². The third kappa shape index (κ3) is 3.68. The van der Waals surface area contributed by atoms with Crippen molar-refractivity contribution in [1.29, 1.82) is 0 Å². The molecule has 2 aromatic rings. The van der Waals surface area contributed by atoms with Crippen molar-refractivity contribution >= 4 is 28.2 Å². The van der Waals surface area contributed by atoms with Gasteiger partial charge in [-0.1, -0.05) is 18.2 Å². The second-order valence-electron chi connectivity index (χ2n) is 4.49. The van der Waals surface area contributed by atoms with E-state index in [-0.39, 0.29) is 5.91 Å². The molecule has 0 atom stereocenters. The van der Waals surface area contributed by atoms with Gasteiger partial charge in [0.2, 0.25) is 0 Å². The maximum atomic E-state index is 12.4. The number of anilines is 1. The summed E-state index contributed by atoms with van der Waals surface area (Å²) in [5, 5.41) is 8.03. The van der Waals surface area contributed by atoms with Crippen molar-refractivity contribution < 1.29 is 9.59 Å². The Hall–Kier alpha value is -2.18. The van der Waals surface area contributed by atoms with Gasteiger partial charge in [0.1, 0.15) is 5.00 Å². The maximum absolute atomic E-state index is 12.4. The van der Waals surface area contributed by atoms with E-state index in [1.54, 1.807) is 17.5 Å². The highest BCUT2D eigenvalue weighted by Crippen LogP contribution is 2.24. The number of nitrogens with one attached hydrogen (secondary N) is 2. The van der Waals surface area contributed by atoms with E-state index in [9.17, 15) is 9.59 Å². The van der Waals surface area contributed by atoms with Crippen LogP contribution >= 0.6 is 11.3 Å². The zero-order valence-electron chi connectivity index (χ0n) is 11.7. The molecule has 5 nitrogen and oxygen atoms in total. The van der Waals surface area contributed by atoms with E-state index in [1.165, 1.54) is 11.3 Å². The van der Waals surface area contributed by atoms with Gasteiger partial charge in [0.05, 0.1) is 5.56 Å². The molecule has 0 aliphatic heterocycles. The first-order valence-corrected chi connectivity index (χ1v) is 7.42. The molecule has 21 heavy (non-hydrogen) atoms. The minimum Gasteiger partial charge on any atom is -0.366 e. The van der Waals surface area contributed by atoms with E-state index in [1.807, 2.05) is 25.2 Å². The molecule has 2 amide bonds. The molecular formula is C15H17N3O2S. The molecule has 0 fully saturated rings. The van der Waals surface area contributed by atoms with Crippen LogP contribution in [-0.4, -0.2) is 25.4 Å². The fourth-order valence-corrected chi connectivity index (χ4v) is 2.78. The smallest absolute Gasteiger partial charge is 0.256 e. The number of hydrogen-bond acceptors (Lipinski definition) is 4. The number of hydrogen-bond donors (Lipinski definition) is 3. The van der Waals surface area contributed by atoms with E-state index < -0.39 is 5.91 Å². The lowest BCUT2D eigenvalue weighted by atomic mass is 10.0. The molecular weight excluding hydrogens is 286 g/mol. The highest BCUT2D eigenvalue weighted by Gasteiger charge is 2.15. The molecule has 0 saturated heterocycles. The Morgan fingerprint density at radius 2 is 1.95 bits per heavy atom. The largest absolute Gasteiger partial charge is 0.366 e. The lowest BCUT2D eigenvalue weighted by Crippen LogP contribution is -2.19. The van der Waals surface area contributed by atoms with Gasteiger partial charge in [-0.25, -0.2) is 0 Å². The van der Waals surface area contributed by atoms with Crippen molar-refractivity contribution in [3.05, 3.63) is 52.4 Å². The van der Waals surface area contributed by atoms with Crippen LogP contribution in [0.2, 0.25) is 0 Å². The molecule has 1 aromatic carbocycles. The van der Waals surface area contributed by atoms with Crippen molar-refractivity contribution in [2.75, 3.05) is 18.9 Å². The molecule has 2 rings (SSSR count). The van der Waals surface area contributed by atoms with E-state index in [2.05, 4.69) is 10.6 Å². The quantitative estimate of drug-likeness (QED) is 0.761. The molecule has 0 aliphatic rings. The summed E-state index contributed by atoms with van der Waals surface area (Å²) in [4.78, 5) is 23.7. The molecule has 1 aromatic heterocycles. The van der Waals surface area contributed by atoms with Crippen molar-refractivity contribution in [1.82, 2.24) is 5.32 Å². The summed E-state index contributed by atoms with van der Waals surface area (Å²) in [6, 6.07) is 9.03. The number of benzene rings is 1. The molecule has 6 heteroatoms. The van der Waals surface area contributed by atoms with Gasteiger partial charge in [0.25, 0.3) is 11.8 Å². The summed E-state index contributed by atoms with van der Waals surface area (Å²) in [5.74, 6) is -0.776. The van der Waals surface area contributed by atoms with E-state index in [0.717, 1.165) is 18.5 Å². The second-order valence-corrected chi connectivity index (χ2v) is 5.41. The third-order valence-corrected chi connectivity index (χ3v) is 3.89. The van der Waals surface area contributed by atoms with Gasteiger partial charge < -0.3 is 16.4 Å². The minimum atomic E-state index is -0.546. The third-order valence-electron chi connectivity index (χ3n) is 3.06. The van der Waals surface area contributed by atoms with Crippen LogP contribution in [0.1, 0.15) is 26.3 Å². The highest BCUT2D eigenvalue weighted by molar-refractivity contribution is 7.14. The Morgan fingerprint density at radius 3 is 2.67 bits per heavy atom. The Bertz CT molecular complexity index is 652. The van der Waals surface area contributed by atoms with Crippen LogP contribution in [0.25, 0.3) is 0 Å². The van der Waals surface area contributed by atoms with Gasteiger partial charge in [0.15, 0.2) is 0 Å². The van der Waals surface area contributed by atoms with Crippen LogP contribution in [-0.2, 0) is 6.42 Å². The number of carbonyl (C=O) groups excluding carboxylic acids is 2. The molecule has 0 saturated carbocycles. The molecule has 0 bridgehead atoms. The summed E-state index contributed by atoms with van der Waals surface area (Å²) < 4.78 is 0. The maximum Gasteiger partial charge on any atom is 0.256 e. The van der Waals surface area contributed by atoms with Crippen molar-refractivity contribution in [3.8, 4) is 0 Å². The average molecular weight is 303 g/mol. The fraction of sp³-hybridized carbons (Fsp3) is 0.200. The van der Waals surface area contributed by atoms with Crippen molar-refractivity contribution in [2.45, 2.75) is 6.42 Å². The van der Waals surface area contributed by atoms with Gasteiger partial charge in [-0.05, 0) is 43.1 Å². The first-order valence-electron chi connectivity index (χ1n) is 6.54. The topological polar surface area (TPSA) is 84.2 Å². The predicted octanol–water partition coefficient (Wildman–Crippen LogP) is 1.86. The molecule has 110 valence electrons. The molecule has 0 aliphatic carbocycles. The summed E-state index contributed by atoms with van der Waals surface area (Å²) in [6.07, 6.45) is 0.757. The minimum absolute atomic E-state index is 0.230. The fourth-order valence-electron chi connectivity index (χ4n) is 1.99. The summed E-state index contributed by atoms with van der Waals surface area (Å²) >= 11 is 1.28. The summed E-state index contributed by atoms with van der Waals surface area (Å²) in [7, 11) is 1.87. The van der Waals surface area contributed by atoms with Gasteiger partial charge in [-0.15, -0.1) is 11.3 Å². The zero-order chi connectivity index (χ0) is 15.2. The molecule has 0 radical (unpaired) electrons. The van der Waals surface area contributed by atoms with Crippen LogP contribution in [0.15, 0.2) is 35.7 Å². The number of rotatable bonds is 6. The monoisotopic (exact) mass is 303 g/mol. The second kappa shape index (κ2) is 7.01. The number of amides is 2. The normalized spacial score (nSPS) is 10.3. The van der Waals surface area contributed by atoms with Crippen LogP contribution in [0, 0.1) is 0 Å². The summed E-state index contributed by atoms with van der Waals surface area (Å²) in [6.45, 7) is 0.788. The molecule has 4 N–H and O–H groups in total. The summed E-state index contributed by atoms with van der Waals surface area (Å²) in [5.41, 5.74) is 7.18. The first kappa shape index (κ1) is 15.2. The van der Waals surface area contributed by atoms with E-state index in [4.69, 9.17) is 5.73 Å². The lowest BCUT2D eigenvalue weighted by Gasteiger charge is -2.09. The number of carbonyl (C=O) groups is 2.